The molecule has 0 bridgehead atoms. The highest BCUT2D eigenvalue weighted by Crippen LogP contribution is 2.27. The van der Waals surface area contributed by atoms with Gasteiger partial charge in [0.15, 0.2) is 0 Å². The van der Waals surface area contributed by atoms with Gasteiger partial charge < -0.3 is 15.2 Å². The standard InChI is InChI=1S/C14H23NO5/c1-20-13(17)9-11(14(18)19)15-12(16)8-7-10-5-3-2-4-6-10/h10-11H,2-9H2,1H3,(H,15,16)(H,18,19)/t11-/m0/s1. The Bertz CT molecular complexity index is 349. The van der Waals surface area contributed by atoms with Gasteiger partial charge in [-0.1, -0.05) is 32.1 Å². The van der Waals surface area contributed by atoms with Gasteiger partial charge in [0.1, 0.15) is 6.04 Å². The van der Waals surface area contributed by atoms with Crippen LogP contribution >= 0.6 is 0 Å². The number of aliphatic carboxylic acids is 1. The predicted octanol–water partition coefficient (Wildman–Crippen LogP) is 1.48. The zero-order valence-electron chi connectivity index (χ0n) is 11.9. The van der Waals surface area contributed by atoms with Crippen LogP contribution in [-0.2, 0) is 19.1 Å². The van der Waals surface area contributed by atoms with Crippen molar-refractivity contribution in [3.05, 3.63) is 0 Å². The molecule has 0 aliphatic heterocycles. The predicted molar refractivity (Wildman–Crippen MR) is 72.0 cm³/mol. The van der Waals surface area contributed by atoms with E-state index < -0.39 is 18.0 Å². The molecule has 20 heavy (non-hydrogen) atoms. The van der Waals surface area contributed by atoms with Crippen LogP contribution in [0.3, 0.4) is 0 Å². The molecule has 1 amide bonds. The fourth-order valence-corrected chi connectivity index (χ4v) is 2.53. The summed E-state index contributed by atoms with van der Waals surface area (Å²) in [5, 5.41) is 11.3. The molecule has 1 saturated carbocycles. The number of nitrogens with one attached hydrogen (secondary N) is 1. The Balaban J connectivity index is 2.33. The molecule has 0 spiro atoms. The Morgan fingerprint density at radius 2 is 1.90 bits per heavy atom. The van der Waals surface area contributed by atoms with Gasteiger partial charge in [-0.25, -0.2) is 4.79 Å². The quantitative estimate of drug-likeness (QED) is 0.691. The van der Waals surface area contributed by atoms with Gasteiger partial charge in [-0.2, -0.15) is 0 Å². The maximum atomic E-state index is 11.7. The first-order chi connectivity index (χ1) is 9.52. The molecule has 1 fully saturated rings. The van der Waals surface area contributed by atoms with Crippen LogP contribution in [0.5, 0.6) is 0 Å². The highest BCUT2D eigenvalue weighted by Gasteiger charge is 2.24. The van der Waals surface area contributed by atoms with Crippen molar-refractivity contribution in [1.82, 2.24) is 5.32 Å². The second-order valence-corrected chi connectivity index (χ2v) is 5.28. The summed E-state index contributed by atoms with van der Waals surface area (Å²) in [6.45, 7) is 0. The molecule has 0 radical (unpaired) electrons. The van der Waals surface area contributed by atoms with E-state index in [1.54, 1.807) is 0 Å². The van der Waals surface area contributed by atoms with Crippen molar-refractivity contribution in [2.75, 3.05) is 7.11 Å². The lowest BCUT2D eigenvalue weighted by Gasteiger charge is -2.21. The Labute approximate surface area is 118 Å². The van der Waals surface area contributed by atoms with Crippen molar-refractivity contribution < 1.29 is 24.2 Å². The topological polar surface area (TPSA) is 92.7 Å². The van der Waals surface area contributed by atoms with E-state index in [2.05, 4.69) is 10.1 Å². The highest BCUT2D eigenvalue weighted by molar-refractivity contribution is 5.87. The van der Waals surface area contributed by atoms with Gasteiger partial charge >= 0.3 is 11.9 Å². The number of carboxylic acid groups (broad SMARTS) is 1. The molecule has 2 N–H and O–H groups in total. The van der Waals surface area contributed by atoms with Gasteiger partial charge in [0.05, 0.1) is 13.5 Å². The van der Waals surface area contributed by atoms with Crippen molar-refractivity contribution in [3.8, 4) is 0 Å². The Hall–Kier alpha value is -1.59. The first-order valence-electron chi connectivity index (χ1n) is 7.12. The van der Waals surface area contributed by atoms with Gasteiger partial charge in [0, 0.05) is 6.42 Å². The van der Waals surface area contributed by atoms with E-state index in [0.717, 1.165) is 19.3 Å². The van der Waals surface area contributed by atoms with Gasteiger partial charge in [-0.05, 0) is 12.3 Å². The van der Waals surface area contributed by atoms with Crippen LogP contribution < -0.4 is 5.32 Å². The maximum Gasteiger partial charge on any atom is 0.326 e. The summed E-state index contributed by atoms with van der Waals surface area (Å²) in [6, 6.07) is -1.21. The summed E-state index contributed by atoms with van der Waals surface area (Å²) in [4.78, 5) is 33.8. The van der Waals surface area contributed by atoms with E-state index in [0.29, 0.717) is 12.3 Å². The van der Waals surface area contributed by atoms with Crippen LogP contribution in [0.1, 0.15) is 51.4 Å². The summed E-state index contributed by atoms with van der Waals surface area (Å²) >= 11 is 0. The monoisotopic (exact) mass is 285 g/mol. The van der Waals surface area contributed by atoms with Crippen LogP contribution in [0.15, 0.2) is 0 Å². The average Bonchev–Trinajstić information content (AvgIpc) is 2.45. The summed E-state index contributed by atoms with van der Waals surface area (Å²) in [6.07, 6.45) is 6.75. The van der Waals surface area contributed by atoms with Crippen LogP contribution in [0, 0.1) is 5.92 Å². The van der Waals surface area contributed by atoms with Gasteiger partial charge in [-0.3, -0.25) is 9.59 Å². The first-order valence-corrected chi connectivity index (χ1v) is 7.12. The maximum absolute atomic E-state index is 11.7. The number of ether oxygens (including phenoxy) is 1. The van der Waals surface area contributed by atoms with E-state index in [9.17, 15) is 14.4 Å². The van der Waals surface area contributed by atoms with Crippen molar-refractivity contribution in [2.45, 2.75) is 57.4 Å². The number of carboxylic acids is 1. The van der Waals surface area contributed by atoms with Crippen molar-refractivity contribution in [3.63, 3.8) is 0 Å². The van der Waals surface area contributed by atoms with E-state index >= 15 is 0 Å². The second kappa shape index (κ2) is 8.55. The Morgan fingerprint density at radius 1 is 1.25 bits per heavy atom. The van der Waals surface area contributed by atoms with Crippen LogP contribution in [0.2, 0.25) is 0 Å². The fraction of sp³-hybridized carbons (Fsp3) is 0.786. The van der Waals surface area contributed by atoms with Crippen molar-refractivity contribution in [1.29, 1.82) is 0 Å². The number of hydrogen-bond donors (Lipinski definition) is 2. The van der Waals surface area contributed by atoms with Crippen LogP contribution in [0.25, 0.3) is 0 Å². The summed E-state index contributed by atoms with van der Waals surface area (Å²) in [5.41, 5.74) is 0. The summed E-state index contributed by atoms with van der Waals surface area (Å²) < 4.78 is 4.41. The van der Waals surface area contributed by atoms with Crippen LogP contribution in [-0.4, -0.2) is 36.1 Å². The molecule has 1 atom stereocenters. The molecule has 114 valence electrons. The lowest BCUT2D eigenvalue weighted by Crippen LogP contribution is -2.42. The molecule has 0 aromatic rings. The number of esters is 1. The van der Waals surface area contributed by atoms with Crippen molar-refractivity contribution in [2.24, 2.45) is 5.92 Å². The molecule has 6 nitrogen and oxygen atoms in total. The van der Waals surface area contributed by atoms with E-state index in [4.69, 9.17) is 5.11 Å². The molecule has 0 aromatic carbocycles. The number of carbonyl (C=O) groups excluding carboxylic acids is 2. The van der Waals surface area contributed by atoms with Gasteiger partial charge in [0.2, 0.25) is 5.91 Å². The minimum atomic E-state index is -1.22. The minimum absolute atomic E-state index is 0.313. The van der Waals surface area contributed by atoms with Gasteiger partial charge in [0.25, 0.3) is 0 Å². The third-order valence-electron chi connectivity index (χ3n) is 3.74. The third kappa shape index (κ3) is 6.04. The van der Waals surface area contributed by atoms with Crippen LogP contribution in [0.4, 0.5) is 0 Å². The summed E-state index contributed by atoms with van der Waals surface area (Å²) in [5.74, 6) is -1.61. The lowest BCUT2D eigenvalue weighted by molar-refractivity contribution is -0.148. The minimum Gasteiger partial charge on any atom is -0.480 e. The number of rotatable bonds is 7. The smallest absolute Gasteiger partial charge is 0.326 e. The first kappa shape index (κ1) is 16.5. The fourth-order valence-electron chi connectivity index (χ4n) is 2.53. The largest absolute Gasteiger partial charge is 0.480 e. The molecule has 1 aliphatic rings. The van der Waals surface area contributed by atoms with E-state index in [-0.39, 0.29) is 12.3 Å². The lowest BCUT2D eigenvalue weighted by atomic mass is 9.86. The van der Waals surface area contributed by atoms with Gasteiger partial charge in [-0.15, -0.1) is 0 Å². The van der Waals surface area contributed by atoms with E-state index in [1.165, 1.54) is 26.4 Å². The SMILES string of the molecule is COC(=O)C[C@H](NC(=O)CCC1CCCCC1)C(=O)O. The Morgan fingerprint density at radius 3 is 2.45 bits per heavy atom. The average molecular weight is 285 g/mol. The normalized spacial score (nSPS) is 17.2. The van der Waals surface area contributed by atoms with E-state index in [1.807, 2.05) is 0 Å². The molecule has 0 saturated heterocycles. The molecule has 1 rings (SSSR count). The highest BCUT2D eigenvalue weighted by atomic mass is 16.5. The number of hydrogen-bond acceptors (Lipinski definition) is 4. The second-order valence-electron chi connectivity index (χ2n) is 5.28. The molecule has 0 heterocycles. The number of amides is 1. The summed E-state index contributed by atoms with van der Waals surface area (Å²) in [7, 11) is 1.19. The molecular weight excluding hydrogens is 262 g/mol. The number of carbonyl (C=O) groups is 3. The zero-order valence-corrected chi connectivity index (χ0v) is 11.9. The molecule has 1 aliphatic carbocycles. The Kier molecular flexibility index (Phi) is 7.04. The number of methoxy groups -OCH3 is 1. The zero-order chi connectivity index (χ0) is 15.0. The molecule has 0 aromatic heterocycles. The molecule has 6 heteroatoms. The molecular formula is C14H23NO5. The molecule has 0 unspecified atom stereocenters. The van der Waals surface area contributed by atoms with Crippen molar-refractivity contribution >= 4 is 17.8 Å². The third-order valence-corrected chi connectivity index (χ3v) is 3.74.